The first-order chi connectivity index (χ1) is 20.7. The van der Waals surface area contributed by atoms with Crippen LogP contribution in [0.4, 0.5) is 0 Å². The number of hydrogen-bond donors (Lipinski definition) is 4. The molecule has 0 unspecified atom stereocenters. The molecule has 0 saturated heterocycles. The fourth-order valence-corrected chi connectivity index (χ4v) is 3.39. The summed E-state index contributed by atoms with van der Waals surface area (Å²) in [6.07, 6.45) is 24.9. The van der Waals surface area contributed by atoms with Crippen molar-refractivity contribution in [2.75, 3.05) is 26.4 Å². The Bertz CT molecular complexity index is 753. The lowest BCUT2D eigenvalue weighted by Gasteiger charge is -1.96. The van der Waals surface area contributed by atoms with Crippen LogP contribution in [0.15, 0.2) is 93.2 Å². The Morgan fingerprint density at radius 2 is 0.455 bits per heavy atom. The fourth-order valence-electron chi connectivity index (χ4n) is 3.39. The Morgan fingerprint density at radius 3 is 0.568 bits per heavy atom. The molecule has 0 bridgehead atoms. The second-order valence-electron chi connectivity index (χ2n) is 12.2. The molecule has 0 radical (unpaired) electrons. The highest BCUT2D eigenvalue weighted by Gasteiger charge is 1.89. The van der Waals surface area contributed by atoms with Crippen molar-refractivity contribution >= 4 is 0 Å². The van der Waals surface area contributed by atoms with E-state index in [4.69, 9.17) is 20.4 Å². The van der Waals surface area contributed by atoms with E-state index < -0.39 is 0 Å². The lowest BCUT2D eigenvalue weighted by Crippen LogP contribution is -1.80. The van der Waals surface area contributed by atoms with Gasteiger partial charge in [-0.1, -0.05) is 93.2 Å². The van der Waals surface area contributed by atoms with Gasteiger partial charge in [-0.3, -0.25) is 0 Å². The Labute approximate surface area is 274 Å². The molecule has 0 aliphatic carbocycles. The minimum Gasteiger partial charge on any atom is -0.392 e. The summed E-state index contributed by atoms with van der Waals surface area (Å²) in [4.78, 5) is 0. The fraction of sp³-hybridized carbons (Fsp3) is 0.600. The standard InChI is InChI=1S/4C10H18O/c4*1-9(2)5-4-6-10(3)7-8-11/h4*5,7,11H,4,6,8H2,1-3H3/b4*10-7+. The summed E-state index contributed by atoms with van der Waals surface area (Å²) in [5.74, 6) is 0. The third-order valence-corrected chi connectivity index (χ3v) is 6.12. The topological polar surface area (TPSA) is 80.9 Å². The van der Waals surface area contributed by atoms with Crippen LogP contribution in [-0.2, 0) is 0 Å². The SMILES string of the molecule is CC(C)=CCC/C(C)=C/CO.CC(C)=CCC/C(C)=C/CO.CC(C)=CCC/C(C)=C/CO.CC(C)=CCC/C(C)=C/CO. The highest BCUT2D eigenvalue weighted by molar-refractivity contribution is 5.04. The maximum absolute atomic E-state index is 8.55. The molecule has 0 fully saturated rings. The first kappa shape index (κ1) is 48.7. The van der Waals surface area contributed by atoms with Gasteiger partial charge in [-0.2, -0.15) is 0 Å². The van der Waals surface area contributed by atoms with Crippen molar-refractivity contribution < 1.29 is 20.4 Å². The van der Waals surface area contributed by atoms with Crippen LogP contribution in [0.1, 0.15) is 134 Å². The van der Waals surface area contributed by atoms with E-state index in [9.17, 15) is 0 Å². The highest BCUT2D eigenvalue weighted by Crippen LogP contribution is 2.08. The average molecular weight is 617 g/mol. The van der Waals surface area contributed by atoms with E-state index in [-0.39, 0.29) is 26.4 Å². The van der Waals surface area contributed by atoms with Crippen LogP contribution < -0.4 is 0 Å². The summed E-state index contributed by atoms with van der Waals surface area (Å²) < 4.78 is 0. The minimum absolute atomic E-state index is 0.167. The summed E-state index contributed by atoms with van der Waals surface area (Å²) in [5.41, 5.74) is 10.5. The Balaban J connectivity index is -0.000000242. The lowest BCUT2D eigenvalue weighted by atomic mass is 10.1. The van der Waals surface area contributed by atoms with Crippen molar-refractivity contribution in [2.24, 2.45) is 0 Å². The van der Waals surface area contributed by atoms with Crippen molar-refractivity contribution in [1.82, 2.24) is 0 Å². The monoisotopic (exact) mass is 617 g/mol. The van der Waals surface area contributed by atoms with E-state index in [0.29, 0.717) is 0 Å². The molecule has 0 amide bonds. The molecule has 0 aromatic carbocycles. The van der Waals surface area contributed by atoms with E-state index in [2.05, 4.69) is 107 Å². The number of rotatable bonds is 16. The van der Waals surface area contributed by atoms with Gasteiger partial charge in [-0.15, -0.1) is 0 Å². The largest absolute Gasteiger partial charge is 0.392 e. The van der Waals surface area contributed by atoms with E-state index in [1.54, 1.807) is 0 Å². The summed E-state index contributed by atoms with van der Waals surface area (Å²) in [5, 5.41) is 34.2. The van der Waals surface area contributed by atoms with Crippen molar-refractivity contribution in [1.29, 1.82) is 0 Å². The molecular weight excluding hydrogens is 544 g/mol. The van der Waals surface area contributed by atoms with Gasteiger partial charge in [0.1, 0.15) is 0 Å². The molecule has 0 saturated carbocycles. The second kappa shape index (κ2) is 36.9. The van der Waals surface area contributed by atoms with Gasteiger partial charge >= 0.3 is 0 Å². The van der Waals surface area contributed by atoms with E-state index >= 15 is 0 Å². The van der Waals surface area contributed by atoms with E-state index in [0.717, 1.165) is 51.4 Å². The van der Waals surface area contributed by atoms with Gasteiger partial charge < -0.3 is 20.4 Å². The third kappa shape index (κ3) is 52.4. The van der Waals surface area contributed by atoms with Crippen molar-refractivity contribution in [3.8, 4) is 0 Å². The van der Waals surface area contributed by atoms with Crippen LogP contribution in [0, 0.1) is 0 Å². The predicted octanol–water partition coefficient (Wildman–Crippen LogP) is 10.7. The number of allylic oxidation sites excluding steroid dienone is 12. The smallest absolute Gasteiger partial charge is 0.0614 e. The van der Waals surface area contributed by atoms with Gasteiger partial charge in [-0.05, 0) is 134 Å². The normalized spacial score (nSPS) is 11.5. The molecule has 256 valence electrons. The van der Waals surface area contributed by atoms with Crippen LogP contribution in [0.25, 0.3) is 0 Å². The van der Waals surface area contributed by atoms with Crippen molar-refractivity contribution in [2.45, 2.75) is 134 Å². The van der Waals surface area contributed by atoms with Crippen molar-refractivity contribution in [3.63, 3.8) is 0 Å². The molecule has 4 heteroatoms. The van der Waals surface area contributed by atoms with Crippen LogP contribution in [0.3, 0.4) is 0 Å². The maximum atomic E-state index is 8.55. The summed E-state index contributed by atoms with van der Waals surface area (Å²) in [6.45, 7) is 25.7. The zero-order chi connectivity index (χ0) is 34.8. The number of aliphatic hydroxyl groups is 4. The van der Waals surface area contributed by atoms with Crippen molar-refractivity contribution in [3.05, 3.63) is 93.2 Å². The summed E-state index contributed by atoms with van der Waals surface area (Å²) >= 11 is 0. The molecule has 4 N–H and O–H groups in total. The van der Waals surface area contributed by atoms with Crippen LogP contribution in [0.5, 0.6) is 0 Å². The molecule has 0 atom stereocenters. The number of aliphatic hydroxyl groups excluding tert-OH is 4. The van der Waals surface area contributed by atoms with Crippen LogP contribution >= 0.6 is 0 Å². The Hall–Kier alpha value is -2.24. The molecule has 0 aromatic rings. The first-order valence-corrected chi connectivity index (χ1v) is 16.3. The molecule has 4 nitrogen and oxygen atoms in total. The Kier molecular flexibility index (Phi) is 40.9. The molecule has 0 aromatic heterocycles. The minimum atomic E-state index is 0.167. The molecule has 0 rings (SSSR count). The van der Waals surface area contributed by atoms with Gasteiger partial charge in [0.05, 0.1) is 26.4 Å². The molecule has 0 spiro atoms. The summed E-state index contributed by atoms with van der Waals surface area (Å²) in [7, 11) is 0. The molecular formula is C40H72O4. The van der Waals surface area contributed by atoms with Crippen LogP contribution in [0.2, 0.25) is 0 Å². The highest BCUT2D eigenvalue weighted by atomic mass is 16.3. The van der Waals surface area contributed by atoms with Gasteiger partial charge in [0, 0.05) is 0 Å². The van der Waals surface area contributed by atoms with E-state index in [1.165, 1.54) is 44.6 Å². The van der Waals surface area contributed by atoms with Gasteiger partial charge in [0.25, 0.3) is 0 Å². The third-order valence-electron chi connectivity index (χ3n) is 6.12. The zero-order valence-corrected chi connectivity index (χ0v) is 30.9. The molecule has 44 heavy (non-hydrogen) atoms. The predicted molar refractivity (Wildman–Crippen MR) is 198 cm³/mol. The van der Waals surface area contributed by atoms with Gasteiger partial charge in [0.2, 0.25) is 0 Å². The second-order valence-corrected chi connectivity index (χ2v) is 12.2. The summed E-state index contributed by atoms with van der Waals surface area (Å²) in [6, 6.07) is 0. The number of hydrogen-bond acceptors (Lipinski definition) is 4. The maximum Gasteiger partial charge on any atom is 0.0614 e. The lowest BCUT2D eigenvalue weighted by molar-refractivity contribution is 0.341. The van der Waals surface area contributed by atoms with Gasteiger partial charge in [-0.25, -0.2) is 0 Å². The molecule has 0 aliphatic heterocycles. The zero-order valence-electron chi connectivity index (χ0n) is 30.9. The molecule has 0 heterocycles. The quantitative estimate of drug-likeness (QED) is 0.130. The average Bonchev–Trinajstić information content (AvgIpc) is 2.90. The van der Waals surface area contributed by atoms with Gasteiger partial charge in [0.15, 0.2) is 0 Å². The van der Waals surface area contributed by atoms with E-state index in [1.807, 2.05) is 24.3 Å². The Morgan fingerprint density at radius 1 is 0.295 bits per heavy atom. The van der Waals surface area contributed by atoms with Crippen LogP contribution in [-0.4, -0.2) is 46.9 Å². The molecule has 0 aliphatic rings. The first-order valence-electron chi connectivity index (χ1n) is 16.3.